The Hall–Kier alpha value is -4.14. The molecule has 0 radical (unpaired) electrons. The van der Waals surface area contributed by atoms with E-state index in [0.717, 1.165) is 0 Å². The van der Waals surface area contributed by atoms with Crippen molar-refractivity contribution in [2.24, 2.45) is 0 Å². The van der Waals surface area contributed by atoms with E-state index in [1.165, 1.54) is 33.6 Å². The van der Waals surface area contributed by atoms with Crippen LogP contribution in [0.4, 0.5) is 5.69 Å². The number of fused-ring (bicyclic) bond motifs is 1. The van der Waals surface area contributed by atoms with Gasteiger partial charge in [0, 0.05) is 24.6 Å². The van der Waals surface area contributed by atoms with Gasteiger partial charge in [-0.25, -0.2) is 4.79 Å². The fraction of sp³-hybridized carbons (Fsp3) is 0.217. The normalized spacial score (nSPS) is 15.0. The highest BCUT2D eigenvalue weighted by Crippen LogP contribution is 2.44. The fourth-order valence-electron chi connectivity index (χ4n) is 4.01. The third-order valence-corrected chi connectivity index (χ3v) is 5.51. The summed E-state index contributed by atoms with van der Waals surface area (Å²) in [5, 5.41) is 22.8. The smallest absolute Gasteiger partial charge is 0.339 e. The number of anilines is 1. The van der Waals surface area contributed by atoms with Crippen molar-refractivity contribution < 1.29 is 34.0 Å². The molecule has 1 atom stereocenters. The molecule has 9 nitrogen and oxygen atoms in total. The molecule has 3 N–H and O–H groups in total. The topological polar surface area (TPSA) is 119 Å². The maximum absolute atomic E-state index is 12.5. The Kier molecular flexibility index (Phi) is 5.40. The fourth-order valence-corrected chi connectivity index (χ4v) is 4.01. The molecule has 0 saturated carbocycles. The molecule has 0 fully saturated rings. The molecule has 0 spiro atoms. The molecule has 4 rings (SSSR count). The Morgan fingerprint density at radius 2 is 1.81 bits per heavy atom. The number of hydrogen-bond acceptors (Lipinski definition) is 6. The van der Waals surface area contributed by atoms with E-state index >= 15 is 0 Å². The molecular formula is C23H22N2O7. The summed E-state index contributed by atoms with van der Waals surface area (Å²) in [6.07, 6.45) is 1.53. The third kappa shape index (κ3) is 3.47. The van der Waals surface area contributed by atoms with Crippen LogP contribution in [0.1, 0.15) is 34.0 Å². The van der Waals surface area contributed by atoms with Gasteiger partial charge in [0.2, 0.25) is 5.91 Å². The molecule has 2 heterocycles. The van der Waals surface area contributed by atoms with Crippen molar-refractivity contribution in [1.82, 2.24) is 4.57 Å². The summed E-state index contributed by atoms with van der Waals surface area (Å²) in [5.41, 5.74) is 1.95. The largest absolute Gasteiger partial charge is 0.504 e. The number of aromatic carboxylic acids is 1. The number of amides is 1. The van der Waals surface area contributed by atoms with Gasteiger partial charge in [-0.15, -0.1) is 0 Å². The van der Waals surface area contributed by atoms with Crippen molar-refractivity contribution >= 4 is 17.6 Å². The van der Waals surface area contributed by atoms with E-state index in [0.29, 0.717) is 34.2 Å². The molecule has 1 aromatic heterocycles. The van der Waals surface area contributed by atoms with Crippen molar-refractivity contribution in [3.05, 3.63) is 59.4 Å². The van der Waals surface area contributed by atoms with Gasteiger partial charge in [0.1, 0.15) is 17.1 Å². The molecule has 3 aromatic rings. The van der Waals surface area contributed by atoms with Crippen LogP contribution in [0.25, 0.3) is 5.69 Å². The number of carboxylic acid groups (broad SMARTS) is 1. The maximum Gasteiger partial charge on any atom is 0.339 e. The van der Waals surface area contributed by atoms with E-state index in [2.05, 4.69) is 5.32 Å². The van der Waals surface area contributed by atoms with Crippen molar-refractivity contribution in [1.29, 1.82) is 0 Å². The molecule has 0 aliphatic carbocycles. The predicted molar refractivity (Wildman–Crippen MR) is 116 cm³/mol. The van der Waals surface area contributed by atoms with Gasteiger partial charge in [-0.1, -0.05) is 6.07 Å². The van der Waals surface area contributed by atoms with Gasteiger partial charge in [0.25, 0.3) is 0 Å². The number of methoxy groups -OCH3 is 3. The lowest BCUT2D eigenvalue weighted by Gasteiger charge is -2.27. The van der Waals surface area contributed by atoms with Crippen LogP contribution < -0.4 is 19.5 Å². The van der Waals surface area contributed by atoms with Crippen LogP contribution in [0.2, 0.25) is 0 Å². The molecular weight excluding hydrogens is 416 g/mol. The van der Waals surface area contributed by atoms with Crippen LogP contribution in [0.15, 0.2) is 42.6 Å². The number of ether oxygens (including phenoxy) is 3. The Bertz CT molecular complexity index is 1220. The van der Waals surface area contributed by atoms with Crippen molar-refractivity contribution in [2.75, 3.05) is 26.6 Å². The summed E-state index contributed by atoms with van der Waals surface area (Å²) >= 11 is 0. The lowest BCUT2D eigenvalue weighted by atomic mass is 9.88. The summed E-state index contributed by atoms with van der Waals surface area (Å²) in [6, 6.07) is 10.1. The van der Waals surface area contributed by atoms with Crippen molar-refractivity contribution in [3.63, 3.8) is 0 Å². The molecule has 1 amide bonds. The molecule has 166 valence electrons. The molecule has 9 heteroatoms. The zero-order valence-electron chi connectivity index (χ0n) is 17.7. The number of nitrogens with one attached hydrogen (secondary N) is 1. The van der Waals surface area contributed by atoms with E-state index in [9.17, 15) is 19.8 Å². The van der Waals surface area contributed by atoms with Crippen molar-refractivity contribution in [3.8, 4) is 28.7 Å². The first-order valence-corrected chi connectivity index (χ1v) is 9.75. The SMILES string of the molecule is COc1ccc(-n2cc(C(=O)O)c3c2[C@H](c2ccc(OC)c(O)c2)CC(=O)N3)c(OC)c1. The molecule has 1 aliphatic heterocycles. The lowest BCUT2D eigenvalue weighted by Crippen LogP contribution is -2.25. The first-order chi connectivity index (χ1) is 15.4. The standard InChI is InChI=1S/C23H22N2O7/c1-30-13-5-6-16(19(9-13)32-3)25-11-15(23(28)29)21-22(25)14(10-20(27)24-21)12-4-7-18(31-2)17(26)8-12/h4-9,11,14,26H,10H2,1-3H3,(H,24,27)(H,28,29)/t14-/m0/s1. The van der Waals surface area contributed by atoms with Crippen LogP contribution in [0, 0.1) is 0 Å². The highest BCUT2D eigenvalue weighted by molar-refractivity contribution is 6.04. The Labute approximate surface area is 183 Å². The number of phenols is 1. The first kappa shape index (κ1) is 21.1. The molecule has 0 unspecified atom stereocenters. The second kappa shape index (κ2) is 8.18. The van der Waals surface area contributed by atoms with E-state index in [1.54, 1.807) is 34.9 Å². The van der Waals surface area contributed by atoms with E-state index < -0.39 is 11.9 Å². The summed E-state index contributed by atoms with van der Waals surface area (Å²) in [7, 11) is 4.49. The number of hydrogen-bond donors (Lipinski definition) is 3. The number of benzene rings is 2. The summed E-state index contributed by atoms with van der Waals surface area (Å²) in [5.74, 6) is -0.743. The minimum absolute atomic E-state index is 0.0475. The molecule has 1 aliphatic rings. The Balaban J connectivity index is 1.97. The number of carboxylic acids is 1. The number of nitrogens with zero attached hydrogens (tertiary/aromatic N) is 1. The number of carbonyl (C=O) groups excluding carboxylic acids is 1. The van der Waals surface area contributed by atoms with Gasteiger partial charge in [-0.3, -0.25) is 4.79 Å². The number of phenolic OH excluding ortho intramolecular Hbond substituents is 1. The van der Waals surface area contributed by atoms with E-state index in [4.69, 9.17) is 14.2 Å². The van der Waals surface area contributed by atoms with Gasteiger partial charge in [-0.2, -0.15) is 0 Å². The van der Waals surface area contributed by atoms with Gasteiger partial charge in [-0.05, 0) is 29.8 Å². The molecule has 2 aromatic carbocycles. The number of carbonyl (C=O) groups is 2. The van der Waals surface area contributed by atoms with Crippen LogP contribution in [0.5, 0.6) is 23.0 Å². The minimum Gasteiger partial charge on any atom is -0.504 e. The average Bonchev–Trinajstić information content (AvgIpc) is 3.17. The number of aromatic nitrogens is 1. The number of aromatic hydroxyl groups is 1. The monoisotopic (exact) mass is 438 g/mol. The zero-order valence-corrected chi connectivity index (χ0v) is 17.7. The Morgan fingerprint density at radius 1 is 1.06 bits per heavy atom. The average molecular weight is 438 g/mol. The lowest BCUT2D eigenvalue weighted by molar-refractivity contribution is -0.116. The highest BCUT2D eigenvalue weighted by Gasteiger charge is 2.35. The molecule has 0 saturated heterocycles. The zero-order chi connectivity index (χ0) is 23.0. The van der Waals surface area contributed by atoms with Crippen LogP contribution >= 0.6 is 0 Å². The third-order valence-electron chi connectivity index (χ3n) is 5.51. The summed E-state index contributed by atoms with van der Waals surface area (Å²) < 4.78 is 17.6. The van der Waals surface area contributed by atoms with Crippen LogP contribution in [-0.4, -0.2) is 48.0 Å². The Morgan fingerprint density at radius 3 is 2.44 bits per heavy atom. The number of rotatable bonds is 6. The van der Waals surface area contributed by atoms with Crippen LogP contribution in [-0.2, 0) is 4.79 Å². The van der Waals surface area contributed by atoms with Crippen molar-refractivity contribution in [2.45, 2.75) is 12.3 Å². The highest BCUT2D eigenvalue weighted by atomic mass is 16.5. The summed E-state index contributed by atoms with van der Waals surface area (Å²) in [4.78, 5) is 24.5. The van der Waals surface area contributed by atoms with Gasteiger partial charge < -0.3 is 34.3 Å². The van der Waals surface area contributed by atoms with Gasteiger partial charge in [0.15, 0.2) is 11.5 Å². The predicted octanol–water partition coefficient (Wildman–Crippen LogP) is 3.38. The van der Waals surface area contributed by atoms with Gasteiger partial charge in [0.05, 0.1) is 38.4 Å². The van der Waals surface area contributed by atoms with E-state index in [-0.39, 0.29) is 29.3 Å². The molecule has 0 bridgehead atoms. The second-order valence-electron chi connectivity index (χ2n) is 7.25. The van der Waals surface area contributed by atoms with Gasteiger partial charge >= 0.3 is 5.97 Å². The second-order valence-corrected chi connectivity index (χ2v) is 7.25. The van der Waals surface area contributed by atoms with E-state index in [1.807, 2.05) is 0 Å². The maximum atomic E-state index is 12.5. The summed E-state index contributed by atoms with van der Waals surface area (Å²) in [6.45, 7) is 0. The quantitative estimate of drug-likeness (QED) is 0.540. The van der Waals surface area contributed by atoms with Crippen LogP contribution in [0.3, 0.4) is 0 Å². The molecule has 32 heavy (non-hydrogen) atoms. The first-order valence-electron chi connectivity index (χ1n) is 9.75. The minimum atomic E-state index is -1.17.